The van der Waals surface area contributed by atoms with Gasteiger partial charge in [-0.2, -0.15) is 13.2 Å². The second-order valence-electron chi connectivity index (χ2n) is 6.61. The molecule has 0 radical (unpaired) electrons. The van der Waals surface area contributed by atoms with Gasteiger partial charge in [-0.25, -0.2) is 9.37 Å². The first-order valence-electron chi connectivity index (χ1n) is 8.96. The van der Waals surface area contributed by atoms with Gasteiger partial charge < -0.3 is 15.5 Å². The summed E-state index contributed by atoms with van der Waals surface area (Å²) < 4.78 is 52.7. The van der Waals surface area contributed by atoms with E-state index >= 15 is 0 Å². The molecule has 2 N–H and O–H groups in total. The van der Waals surface area contributed by atoms with Crippen LogP contribution in [0.25, 0.3) is 0 Å². The van der Waals surface area contributed by atoms with E-state index in [4.69, 9.17) is 11.6 Å². The quantitative estimate of drug-likeness (QED) is 0.252. The Bertz CT molecular complexity index is 893. The van der Waals surface area contributed by atoms with Crippen LogP contribution in [-0.4, -0.2) is 37.1 Å². The molecule has 164 valence electrons. The SMILES string of the molecule is CN=C(NCc1ccc(F)cc1C(F)(F)F)NC1CCN(c2ncccc2Cl)C1.I. The molecule has 0 spiro atoms. The number of pyridine rings is 1. The summed E-state index contributed by atoms with van der Waals surface area (Å²) in [4.78, 5) is 10.4. The Morgan fingerprint density at radius 1 is 1.33 bits per heavy atom. The Morgan fingerprint density at radius 2 is 2.10 bits per heavy atom. The average Bonchev–Trinajstić information content (AvgIpc) is 3.13. The zero-order valence-electron chi connectivity index (χ0n) is 16.0. The van der Waals surface area contributed by atoms with E-state index in [0.717, 1.165) is 25.1 Å². The van der Waals surface area contributed by atoms with Crippen LogP contribution in [0, 0.1) is 5.82 Å². The molecule has 1 fully saturated rings. The van der Waals surface area contributed by atoms with Crippen LogP contribution in [-0.2, 0) is 12.7 Å². The molecule has 1 unspecified atom stereocenters. The molecule has 1 saturated heterocycles. The molecule has 2 aromatic rings. The molecule has 0 bridgehead atoms. The summed E-state index contributed by atoms with van der Waals surface area (Å²) in [5.74, 6) is 0.131. The van der Waals surface area contributed by atoms with Crippen molar-refractivity contribution in [3.63, 3.8) is 0 Å². The first kappa shape index (κ1) is 24.4. The van der Waals surface area contributed by atoms with E-state index in [1.165, 1.54) is 7.05 Å². The van der Waals surface area contributed by atoms with Crippen molar-refractivity contribution in [1.29, 1.82) is 0 Å². The van der Waals surface area contributed by atoms with Crippen molar-refractivity contribution < 1.29 is 17.6 Å². The van der Waals surface area contributed by atoms with E-state index in [2.05, 4.69) is 20.6 Å². The Hall–Kier alpha value is -1.82. The van der Waals surface area contributed by atoms with Crippen molar-refractivity contribution in [3.8, 4) is 0 Å². The number of hydrogen-bond acceptors (Lipinski definition) is 3. The monoisotopic (exact) mass is 557 g/mol. The molecule has 1 aromatic carbocycles. The molecule has 11 heteroatoms. The summed E-state index contributed by atoms with van der Waals surface area (Å²) in [5.41, 5.74) is -1.06. The molecule has 5 nitrogen and oxygen atoms in total. The molecule has 0 amide bonds. The van der Waals surface area contributed by atoms with Crippen molar-refractivity contribution in [2.45, 2.75) is 25.2 Å². The maximum atomic E-state index is 13.2. The summed E-state index contributed by atoms with van der Waals surface area (Å²) >= 11 is 6.19. The molecule has 0 aliphatic carbocycles. The second-order valence-corrected chi connectivity index (χ2v) is 7.02. The van der Waals surface area contributed by atoms with E-state index < -0.39 is 17.6 Å². The third-order valence-corrected chi connectivity index (χ3v) is 4.91. The predicted molar refractivity (Wildman–Crippen MR) is 120 cm³/mol. The highest BCUT2D eigenvalue weighted by molar-refractivity contribution is 14.0. The van der Waals surface area contributed by atoms with Gasteiger partial charge in [0.25, 0.3) is 0 Å². The van der Waals surface area contributed by atoms with Crippen LogP contribution in [0.15, 0.2) is 41.5 Å². The summed E-state index contributed by atoms with van der Waals surface area (Å²) in [6.07, 6.45) is -2.18. The van der Waals surface area contributed by atoms with Crippen LogP contribution < -0.4 is 15.5 Å². The van der Waals surface area contributed by atoms with Crippen molar-refractivity contribution in [2.75, 3.05) is 25.0 Å². The maximum absolute atomic E-state index is 13.2. The van der Waals surface area contributed by atoms with E-state index in [0.29, 0.717) is 29.4 Å². The lowest BCUT2D eigenvalue weighted by Gasteiger charge is -2.21. The third kappa shape index (κ3) is 6.10. The fourth-order valence-electron chi connectivity index (χ4n) is 3.21. The van der Waals surface area contributed by atoms with Crippen LogP contribution in [0.4, 0.5) is 23.4 Å². The molecular formula is C19H21ClF4IN5. The Kier molecular flexibility index (Phi) is 8.53. The van der Waals surface area contributed by atoms with Crippen molar-refractivity contribution in [3.05, 3.63) is 58.5 Å². The van der Waals surface area contributed by atoms with Gasteiger partial charge in [0.2, 0.25) is 0 Å². The molecule has 1 aliphatic rings. The average molecular weight is 558 g/mol. The molecule has 1 atom stereocenters. The number of nitrogens with one attached hydrogen (secondary N) is 2. The van der Waals surface area contributed by atoms with Crippen molar-refractivity contribution in [1.82, 2.24) is 15.6 Å². The fraction of sp³-hybridized carbons (Fsp3) is 0.368. The van der Waals surface area contributed by atoms with E-state index in [1.54, 1.807) is 18.3 Å². The third-order valence-electron chi connectivity index (χ3n) is 4.61. The van der Waals surface area contributed by atoms with Crippen LogP contribution in [0.1, 0.15) is 17.5 Å². The zero-order chi connectivity index (χ0) is 21.0. The number of guanidine groups is 1. The van der Waals surface area contributed by atoms with Gasteiger partial charge in [0.05, 0.1) is 10.6 Å². The minimum Gasteiger partial charge on any atom is -0.353 e. The van der Waals surface area contributed by atoms with Gasteiger partial charge in [-0.05, 0) is 36.2 Å². The smallest absolute Gasteiger partial charge is 0.353 e. The number of halogens is 6. The summed E-state index contributed by atoms with van der Waals surface area (Å²) in [6.45, 7) is 1.22. The minimum absolute atomic E-state index is 0. The van der Waals surface area contributed by atoms with E-state index in [-0.39, 0.29) is 42.1 Å². The first-order chi connectivity index (χ1) is 13.8. The highest BCUT2D eigenvalue weighted by Crippen LogP contribution is 2.32. The molecule has 30 heavy (non-hydrogen) atoms. The first-order valence-corrected chi connectivity index (χ1v) is 9.34. The van der Waals surface area contributed by atoms with Gasteiger partial charge in [-0.15, -0.1) is 24.0 Å². The van der Waals surface area contributed by atoms with E-state index in [9.17, 15) is 17.6 Å². The zero-order valence-corrected chi connectivity index (χ0v) is 19.1. The molecular weight excluding hydrogens is 537 g/mol. The molecule has 1 aromatic heterocycles. The van der Waals surface area contributed by atoms with Crippen LogP contribution >= 0.6 is 35.6 Å². The summed E-state index contributed by atoms with van der Waals surface area (Å²) in [6, 6.07) is 6.18. The molecule has 3 rings (SSSR count). The maximum Gasteiger partial charge on any atom is 0.416 e. The molecule has 2 heterocycles. The fourth-order valence-corrected chi connectivity index (χ4v) is 3.46. The van der Waals surface area contributed by atoms with Gasteiger partial charge in [0.1, 0.15) is 11.6 Å². The van der Waals surface area contributed by atoms with Crippen molar-refractivity contribution in [2.24, 2.45) is 4.99 Å². The Labute approximate surface area is 193 Å². The lowest BCUT2D eigenvalue weighted by Crippen LogP contribution is -2.44. The number of aliphatic imine (C=N–C) groups is 1. The Morgan fingerprint density at radius 3 is 2.77 bits per heavy atom. The van der Waals surface area contributed by atoms with Gasteiger partial charge in [-0.1, -0.05) is 17.7 Å². The number of hydrogen-bond donors (Lipinski definition) is 2. The summed E-state index contributed by atoms with van der Waals surface area (Å²) in [7, 11) is 1.53. The van der Waals surface area contributed by atoms with Gasteiger partial charge in [0, 0.05) is 38.9 Å². The predicted octanol–water partition coefficient (Wildman–Crippen LogP) is 4.45. The number of nitrogens with zero attached hydrogens (tertiary/aromatic N) is 3. The standard InChI is InChI=1S/C19H20ClF4N5.HI/c1-25-18(27-10-12-4-5-13(21)9-15(12)19(22,23)24)28-14-6-8-29(11-14)17-16(20)3-2-7-26-17;/h2-5,7,9,14H,6,8,10-11H2,1H3,(H2,25,27,28);1H. The van der Waals surface area contributed by atoms with Crippen LogP contribution in [0.2, 0.25) is 5.02 Å². The van der Waals surface area contributed by atoms with Crippen molar-refractivity contribution >= 4 is 47.4 Å². The van der Waals surface area contributed by atoms with Crippen LogP contribution in [0.5, 0.6) is 0 Å². The number of rotatable bonds is 4. The van der Waals surface area contributed by atoms with E-state index in [1.807, 2.05) is 4.90 Å². The van der Waals surface area contributed by atoms with Gasteiger partial charge >= 0.3 is 6.18 Å². The molecule has 0 saturated carbocycles. The van der Waals surface area contributed by atoms with Gasteiger partial charge in [-0.3, -0.25) is 4.99 Å². The number of alkyl halides is 3. The topological polar surface area (TPSA) is 52.6 Å². The van der Waals surface area contributed by atoms with Crippen LogP contribution in [0.3, 0.4) is 0 Å². The van der Waals surface area contributed by atoms with Gasteiger partial charge in [0.15, 0.2) is 5.96 Å². The number of aromatic nitrogens is 1. The number of anilines is 1. The minimum atomic E-state index is -4.63. The highest BCUT2D eigenvalue weighted by atomic mass is 127. The lowest BCUT2D eigenvalue weighted by atomic mass is 10.1. The highest BCUT2D eigenvalue weighted by Gasteiger charge is 2.33. The lowest BCUT2D eigenvalue weighted by molar-refractivity contribution is -0.138. The number of benzene rings is 1. The molecule has 1 aliphatic heterocycles. The second kappa shape index (κ2) is 10.5. The Balaban J connectivity index is 0.00000320. The largest absolute Gasteiger partial charge is 0.416 e. The summed E-state index contributed by atoms with van der Waals surface area (Å²) in [5, 5.41) is 6.62. The normalized spacial score (nSPS) is 16.9.